The lowest BCUT2D eigenvalue weighted by atomic mass is 9.96. The molecule has 2 heterocycles. The zero-order valence-corrected chi connectivity index (χ0v) is 14.7. The van der Waals surface area contributed by atoms with Crippen LogP contribution in [0.15, 0.2) is 18.2 Å². The van der Waals surface area contributed by atoms with Crippen LogP contribution in [-0.4, -0.2) is 27.4 Å². The molecule has 1 aliphatic rings. The van der Waals surface area contributed by atoms with E-state index < -0.39 is 11.7 Å². The molecule has 1 atom stereocenters. The van der Waals surface area contributed by atoms with Crippen molar-refractivity contribution in [3.05, 3.63) is 45.1 Å². The minimum atomic E-state index is -4.44. The number of hydrogen-bond acceptors (Lipinski definition) is 4. The SMILES string of the molecule is O=C(NC1CCc2n[nH]nc2C1)c1sc2cc(C(F)(F)F)ccc2c1Cl. The van der Waals surface area contributed by atoms with Gasteiger partial charge in [-0.2, -0.15) is 28.6 Å². The summed E-state index contributed by atoms with van der Waals surface area (Å²) in [5.41, 5.74) is 0.953. The van der Waals surface area contributed by atoms with E-state index in [9.17, 15) is 18.0 Å². The molecule has 5 nitrogen and oxygen atoms in total. The number of carbonyl (C=O) groups is 1. The summed E-state index contributed by atoms with van der Waals surface area (Å²) >= 11 is 7.20. The molecular weight excluding hydrogens is 389 g/mol. The second-order valence-electron chi connectivity index (χ2n) is 6.08. The second kappa shape index (κ2) is 6.24. The van der Waals surface area contributed by atoms with Crippen molar-refractivity contribution in [2.45, 2.75) is 31.5 Å². The highest BCUT2D eigenvalue weighted by Gasteiger charge is 2.31. The van der Waals surface area contributed by atoms with E-state index >= 15 is 0 Å². The number of benzene rings is 1. The highest BCUT2D eigenvalue weighted by atomic mass is 35.5. The van der Waals surface area contributed by atoms with Gasteiger partial charge in [0.05, 0.1) is 22.0 Å². The van der Waals surface area contributed by atoms with Crippen molar-refractivity contribution in [2.75, 3.05) is 0 Å². The summed E-state index contributed by atoms with van der Waals surface area (Å²) in [5, 5.41) is 14.2. The summed E-state index contributed by atoms with van der Waals surface area (Å²) < 4.78 is 38.9. The summed E-state index contributed by atoms with van der Waals surface area (Å²) in [5.74, 6) is -0.387. The highest BCUT2D eigenvalue weighted by molar-refractivity contribution is 7.21. The first-order valence-electron chi connectivity index (χ1n) is 7.81. The summed E-state index contributed by atoms with van der Waals surface area (Å²) in [7, 11) is 0. The zero-order valence-electron chi connectivity index (χ0n) is 13.2. The third-order valence-corrected chi connectivity index (χ3v) is 6.03. The Morgan fingerprint density at radius 2 is 2.08 bits per heavy atom. The van der Waals surface area contributed by atoms with Crippen LogP contribution in [0, 0.1) is 0 Å². The molecule has 0 radical (unpaired) electrons. The number of carbonyl (C=O) groups excluding carboxylic acids is 1. The molecule has 1 amide bonds. The number of halogens is 4. The minimum absolute atomic E-state index is 0.118. The first-order chi connectivity index (χ1) is 12.3. The quantitative estimate of drug-likeness (QED) is 0.683. The Kier molecular flexibility index (Phi) is 4.15. The van der Waals surface area contributed by atoms with Crippen molar-refractivity contribution in [1.82, 2.24) is 20.7 Å². The van der Waals surface area contributed by atoms with E-state index in [1.165, 1.54) is 6.07 Å². The number of aromatic nitrogens is 3. The number of alkyl halides is 3. The van der Waals surface area contributed by atoms with E-state index in [2.05, 4.69) is 20.7 Å². The molecule has 2 aromatic heterocycles. The normalized spacial score (nSPS) is 17.3. The molecule has 136 valence electrons. The van der Waals surface area contributed by atoms with Crippen LogP contribution in [0.5, 0.6) is 0 Å². The summed E-state index contributed by atoms with van der Waals surface area (Å²) in [6, 6.07) is 3.17. The van der Waals surface area contributed by atoms with Crippen LogP contribution in [0.4, 0.5) is 13.2 Å². The van der Waals surface area contributed by atoms with E-state index in [4.69, 9.17) is 11.6 Å². The predicted octanol–water partition coefficient (Wildman–Crippen LogP) is 3.98. The Morgan fingerprint density at radius 1 is 1.31 bits per heavy atom. The number of thiophene rings is 1. The third kappa shape index (κ3) is 3.05. The van der Waals surface area contributed by atoms with Gasteiger partial charge in [-0.25, -0.2) is 0 Å². The molecule has 0 aliphatic heterocycles. The Bertz CT molecular complexity index is 997. The molecule has 2 N–H and O–H groups in total. The monoisotopic (exact) mass is 400 g/mol. The van der Waals surface area contributed by atoms with Crippen molar-refractivity contribution in [3.8, 4) is 0 Å². The summed E-state index contributed by atoms with van der Waals surface area (Å²) in [4.78, 5) is 12.8. The molecule has 10 heteroatoms. The number of H-pyrrole nitrogens is 1. The Balaban J connectivity index is 1.58. The summed E-state index contributed by atoms with van der Waals surface area (Å²) in [6.45, 7) is 0. The van der Waals surface area contributed by atoms with Crippen molar-refractivity contribution in [2.24, 2.45) is 0 Å². The van der Waals surface area contributed by atoms with Gasteiger partial charge in [0.2, 0.25) is 0 Å². The van der Waals surface area contributed by atoms with E-state index in [1.807, 2.05) is 0 Å². The van der Waals surface area contributed by atoms with Gasteiger partial charge in [-0.15, -0.1) is 11.3 Å². The lowest BCUT2D eigenvalue weighted by Crippen LogP contribution is -2.38. The molecule has 0 spiro atoms. The number of nitrogens with one attached hydrogen (secondary N) is 2. The number of fused-ring (bicyclic) bond motifs is 2. The van der Waals surface area contributed by atoms with Gasteiger partial charge in [0.25, 0.3) is 5.91 Å². The van der Waals surface area contributed by atoms with Gasteiger partial charge in [0, 0.05) is 22.5 Å². The first kappa shape index (κ1) is 17.3. The fraction of sp³-hybridized carbons (Fsp3) is 0.312. The van der Waals surface area contributed by atoms with Gasteiger partial charge < -0.3 is 5.32 Å². The molecule has 0 saturated carbocycles. The van der Waals surface area contributed by atoms with Crippen LogP contribution in [0.2, 0.25) is 5.02 Å². The van der Waals surface area contributed by atoms with Gasteiger partial charge in [-0.1, -0.05) is 17.7 Å². The van der Waals surface area contributed by atoms with Crippen LogP contribution in [0.25, 0.3) is 10.1 Å². The fourth-order valence-corrected chi connectivity index (χ4v) is 4.51. The highest BCUT2D eigenvalue weighted by Crippen LogP contribution is 2.39. The molecule has 0 fully saturated rings. The van der Waals surface area contributed by atoms with E-state index in [1.54, 1.807) is 0 Å². The average molecular weight is 401 g/mol. The average Bonchev–Trinajstić information content (AvgIpc) is 3.18. The topological polar surface area (TPSA) is 70.7 Å². The van der Waals surface area contributed by atoms with Gasteiger partial charge in [-0.05, 0) is 25.0 Å². The van der Waals surface area contributed by atoms with Crippen molar-refractivity contribution >= 4 is 38.9 Å². The molecule has 1 aromatic carbocycles. The first-order valence-corrected chi connectivity index (χ1v) is 9.01. The molecule has 0 bridgehead atoms. The van der Waals surface area contributed by atoms with Gasteiger partial charge in [0.1, 0.15) is 4.88 Å². The maximum absolute atomic E-state index is 12.9. The van der Waals surface area contributed by atoms with Crippen LogP contribution < -0.4 is 5.32 Å². The van der Waals surface area contributed by atoms with Crippen molar-refractivity contribution in [3.63, 3.8) is 0 Å². The van der Waals surface area contributed by atoms with Crippen molar-refractivity contribution < 1.29 is 18.0 Å². The molecule has 0 saturated heterocycles. The minimum Gasteiger partial charge on any atom is -0.348 e. The van der Waals surface area contributed by atoms with Gasteiger partial charge in [0.15, 0.2) is 0 Å². The van der Waals surface area contributed by atoms with E-state index in [0.717, 1.165) is 34.9 Å². The van der Waals surface area contributed by atoms with Crippen LogP contribution in [-0.2, 0) is 19.0 Å². The fourth-order valence-electron chi connectivity index (χ4n) is 3.05. The Morgan fingerprint density at radius 3 is 2.85 bits per heavy atom. The number of amides is 1. The van der Waals surface area contributed by atoms with E-state index in [-0.39, 0.29) is 21.8 Å². The second-order valence-corrected chi connectivity index (χ2v) is 7.51. The van der Waals surface area contributed by atoms with Crippen LogP contribution in [0.1, 0.15) is 33.0 Å². The van der Waals surface area contributed by atoms with Crippen molar-refractivity contribution in [1.29, 1.82) is 0 Å². The van der Waals surface area contributed by atoms with Crippen LogP contribution >= 0.6 is 22.9 Å². The van der Waals surface area contributed by atoms with Gasteiger partial charge in [-0.3, -0.25) is 4.79 Å². The Labute approximate surface area is 154 Å². The summed E-state index contributed by atoms with van der Waals surface area (Å²) in [6.07, 6.45) is -2.47. The lowest BCUT2D eigenvalue weighted by Gasteiger charge is -2.21. The molecule has 4 rings (SSSR count). The number of aryl methyl sites for hydroxylation is 1. The molecule has 1 unspecified atom stereocenters. The van der Waals surface area contributed by atoms with Crippen LogP contribution in [0.3, 0.4) is 0 Å². The zero-order chi connectivity index (χ0) is 18.5. The molecular formula is C16H12ClF3N4OS. The number of nitrogens with zero attached hydrogens (tertiary/aromatic N) is 2. The molecule has 3 aromatic rings. The Hall–Kier alpha value is -2.13. The maximum Gasteiger partial charge on any atom is 0.416 e. The lowest BCUT2D eigenvalue weighted by molar-refractivity contribution is -0.137. The predicted molar refractivity (Wildman–Crippen MR) is 91.5 cm³/mol. The third-order valence-electron chi connectivity index (χ3n) is 4.37. The largest absolute Gasteiger partial charge is 0.416 e. The standard InChI is InChI=1S/C16H12ClF3N4OS/c17-13-9-3-1-7(16(18,19)20)5-12(9)26-14(13)15(25)21-8-2-4-10-11(6-8)23-24-22-10/h1,3,5,8H,2,4,6H2,(H,21,25)(H,22,23,24). The molecule has 26 heavy (non-hydrogen) atoms. The van der Waals surface area contributed by atoms with E-state index in [0.29, 0.717) is 29.3 Å². The van der Waals surface area contributed by atoms with Gasteiger partial charge >= 0.3 is 6.18 Å². The number of hydrogen-bond donors (Lipinski definition) is 2. The molecule has 1 aliphatic carbocycles. The smallest absolute Gasteiger partial charge is 0.348 e. The number of rotatable bonds is 2. The number of aromatic amines is 1. The maximum atomic E-state index is 12.9.